The van der Waals surface area contributed by atoms with Crippen LogP contribution in [-0.2, 0) is 6.42 Å². The molecule has 1 aromatic carbocycles. The number of halogens is 1. The lowest BCUT2D eigenvalue weighted by atomic mass is 10.0. The average molecular weight is 344 g/mol. The van der Waals surface area contributed by atoms with Crippen molar-refractivity contribution < 1.29 is 13.7 Å². The number of benzene rings is 1. The molecule has 0 bridgehead atoms. The van der Waals surface area contributed by atoms with Crippen molar-refractivity contribution in [1.82, 2.24) is 10.1 Å². The smallest absolute Gasteiger partial charge is 0.276 e. The topological polar surface area (TPSA) is 46.3 Å². The Morgan fingerprint density at radius 3 is 2.92 bits per heavy atom. The minimum Gasteiger partial charge on any atom is -0.361 e. The molecule has 0 aliphatic carbocycles. The molecule has 1 atom stereocenters. The highest BCUT2D eigenvalue weighted by atomic mass is 19.1. The first-order valence-corrected chi connectivity index (χ1v) is 9.06. The fourth-order valence-electron chi connectivity index (χ4n) is 3.47. The largest absolute Gasteiger partial charge is 0.361 e. The summed E-state index contributed by atoms with van der Waals surface area (Å²) in [7, 11) is 0. The summed E-state index contributed by atoms with van der Waals surface area (Å²) in [5.74, 6) is 0.773. The van der Waals surface area contributed by atoms with Gasteiger partial charge in [0, 0.05) is 19.0 Å². The molecular weight excluding hydrogens is 319 g/mol. The van der Waals surface area contributed by atoms with Crippen molar-refractivity contribution in [3.63, 3.8) is 0 Å². The Morgan fingerprint density at radius 2 is 2.16 bits per heavy atom. The molecule has 2 heterocycles. The molecule has 134 valence electrons. The van der Waals surface area contributed by atoms with Crippen molar-refractivity contribution in [3.05, 3.63) is 53.2 Å². The molecule has 1 fully saturated rings. The van der Waals surface area contributed by atoms with E-state index in [0.717, 1.165) is 43.4 Å². The van der Waals surface area contributed by atoms with E-state index in [1.807, 2.05) is 11.0 Å². The number of hydrogen-bond acceptors (Lipinski definition) is 3. The van der Waals surface area contributed by atoms with Crippen molar-refractivity contribution in [2.45, 2.75) is 52.0 Å². The molecule has 1 amide bonds. The van der Waals surface area contributed by atoms with Crippen LogP contribution in [0.3, 0.4) is 0 Å². The zero-order chi connectivity index (χ0) is 17.8. The third-order valence-corrected chi connectivity index (χ3v) is 4.63. The predicted octanol–water partition coefficient (Wildman–Crippen LogP) is 4.77. The highest BCUT2D eigenvalue weighted by Crippen LogP contribution is 2.31. The highest BCUT2D eigenvalue weighted by molar-refractivity contribution is 5.92. The molecule has 1 unspecified atom stereocenters. The van der Waals surface area contributed by atoms with Crippen molar-refractivity contribution in [3.8, 4) is 0 Å². The number of aromatic nitrogens is 1. The first-order chi connectivity index (χ1) is 12.0. The number of nitrogens with zero attached hydrogens (tertiary/aromatic N) is 2. The summed E-state index contributed by atoms with van der Waals surface area (Å²) in [5.41, 5.74) is 1.19. The molecule has 0 saturated carbocycles. The molecule has 0 N–H and O–H groups in total. The molecule has 25 heavy (non-hydrogen) atoms. The summed E-state index contributed by atoms with van der Waals surface area (Å²) in [4.78, 5) is 14.9. The second-order valence-electron chi connectivity index (χ2n) is 7.20. The van der Waals surface area contributed by atoms with Gasteiger partial charge in [-0.3, -0.25) is 4.79 Å². The van der Waals surface area contributed by atoms with Crippen LogP contribution in [0.2, 0.25) is 0 Å². The van der Waals surface area contributed by atoms with Gasteiger partial charge in [-0.15, -0.1) is 0 Å². The Bertz CT molecular complexity index is 726. The normalized spacial score (nSPS) is 18.4. The molecule has 0 radical (unpaired) electrons. The van der Waals surface area contributed by atoms with Crippen LogP contribution in [0.1, 0.15) is 67.4 Å². The van der Waals surface area contributed by atoms with Gasteiger partial charge in [-0.1, -0.05) is 44.0 Å². The molecule has 3 rings (SSSR count). The lowest BCUT2D eigenvalue weighted by Gasteiger charge is -2.29. The number of amides is 1. The molecule has 0 spiro atoms. The number of carbonyl (C=O) groups excluding carboxylic acids is 1. The van der Waals surface area contributed by atoms with E-state index in [1.54, 1.807) is 12.1 Å². The molecule has 2 aromatic rings. The van der Waals surface area contributed by atoms with Crippen LogP contribution >= 0.6 is 0 Å². The maximum Gasteiger partial charge on any atom is 0.276 e. The maximum absolute atomic E-state index is 13.7. The Kier molecular flexibility index (Phi) is 5.51. The second kappa shape index (κ2) is 7.81. The van der Waals surface area contributed by atoms with Gasteiger partial charge in [0.1, 0.15) is 11.6 Å². The van der Waals surface area contributed by atoms with Crippen LogP contribution in [0.5, 0.6) is 0 Å². The van der Waals surface area contributed by atoms with E-state index in [-0.39, 0.29) is 17.8 Å². The molecule has 1 aliphatic rings. The van der Waals surface area contributed by atoms with Crippen LogP contribution in [0.25, 0.3) is 0 Å². The monoisotopic (exact) mass is 344 g/mol. The van der Waals surface area contributed by atoms with Gasteiger partial charge in [0.25, 0.3) is 5.91 Å². The van der Waals surface area contributed by atoms with Gasteiger partial charge < -0.3 is 9.42 Å². The third-order valence-electron chi connectivity index (χ3n) is 4.63. The molecule has 5 heteroatoms. The van der Waals surface area contributed by atoms with Crippen LogP contribution in [0, 0.1) is 11.7 Å². The fourth-order valence-corrected chi connectivity index (χ4v) is 3.47. The fraction of sp³-hybridized carbons (Fsp3) is 0.500. The summed E-state index contributed by atoms with van der Waals surface area (Å²) in [5, 5.41) is 3.98. The van der Waals surface area contributed by atoms with Gasteiger partial charge in [-0.2, -0.15) is 0 Å². The minimum absolute atomic E-state index is 0.115. The number of rotatable bonds is 4. The van der Waals surface area contributed by atoms with E-state index in [2.05, 4.69) is 19.0 Å². The third kappa shape index (κ3) is 4.27. The maximum atomic E-state index is 13.7. The average Bonchev–Trinajstić information content (AvgIpc) is 2.89. The first kappa shape index (κ1) is 17.6. The summed E-state index contributed by atoms with van der Waals surface area (Å²) < 4.78 is 19.0. The van der Waals surface area contributed by atoms with E-state index in [4.69, 9.17) is 4.52 Å². The number of carbonyl (C=O) groups is 1. The first-order valence-electron chi connectivity index (χ1n) is 9.06. The van der Waals surface area contributed by atoms with Crippen LogP contribution in [-0.4, -0.2) is 22.5 Å². The van der Waals surface area contributed by atoms with E-state index in [9.17, 15) is 9.18 Å². The summed E-state index contributed by atoms with van der Waals surface area (Å²) >= 11 is 0. The molecule has 1 saturated heterocycles. The van der Waals surface area contributed by atoms with Crippen molar-refractivity contribution in [2.24, 2.45) is 5.92 Å². The zero-order valence-corrected chi connectivity index (χ0v) is 14.9. The lowest BCUT2D eigenvalue weighted by Crippen LogP contribution is -2.35. The van der Waals surface area contributed by atoms with Crippen LogP contribution in [0.4, 0.5) is 4.39 Å². The van der Waals surface area contributed by atoms with E-state index in [0.29, 0.717) is 18.2 Å². The van der Waals surface area contributed by atoms with Crippen molar-refractivity contribution in [2.75, 3.05) is 6.54 Å². The quantitative estimate of drug-likeness (QED) is 0.802. The van der Waals surface area contributed by atoms with Crippen LogP contribution < -0.4 is 0 Å². The SMILES string of the molecule is CC(C)Cc1cc(C(=O)N2CCCCCC2c2cccc(F)c2)no1. The molecule has 1 aliphatic heterocycles. The molecular formula is C20H25FN2O2. The van der Waals surface area contributed by atoms with Gasteiger partial charge in [0.2, 0.25) is 0 Å². The van der Waals surface area contributed by atoms with E-state index < -0.39 is 0 Å². The van der Waals surface area contributed by atoms with Crippen molar-refractivity contribution >= 4 is 5.91 Å². The lowest BCUT2D eigenvalue weighted by molar-refractivity contribution is 0.0670. The van der Waals surface area contributed by atoms with Gasteiger partial charge >= 0.3 is 0 Å². The van der Waals surface area contributed by atoms with Gasteiger partial charge in [0.15, 0.2) is 5.69 Å². The number of likely N-dealkylation sites (tertiary alicyclic amines) is 1. The summed E-state index contributed by atoms with van der Waals surface area (Å²) in [6, 6.07) is 8.19. The predicted molar refractivity (Wildman–Crippen MR) is 93.7 cm³/mol. The minimum atomic E-state index is -0.269. The number of hydrogen-bond donors (Lipinski definition) is 0. The Morgan fingerprint density at radius 1 is 1.32 bits per heavy atom. The van der Waals surface area contributed by atoms with Gasteiger partial charge in [0.05, 0.1) is 6.04 Å². The van der Waals surface area contributed by atoms with E-state index in [1.165, 1.54) is 12.1 Å². The van der Waals surface area contributed by atoms with Gasteiger partial charge in [-0.25, -0.2) is 4.39 Å². The Labute approximate surface area is 148 Å². The zero-order valence-electron chi connectivity index (χ0n) is 14.9. The Balaban J connectivity index is 1.85. The molecule has 1 aromatic heterocycles. The van der Waals surface area contributed by atoms with E-state index >= 15 is 0 Å². The Hall–Kier alpha value is -2.17. The van der Waals surface area contributed by atoms with Crippen LogP contribution in [0.15, 0.2) is 34.9 Å². The van der Waals surface area contributed by atoms with Gasteiger partial charge in [-0.05, 0) is 36.5 Å². The van der Waals surface area contributed by atoms with Crippen molar-refractivity contribution in [1.29, 1.82) is 0 Å². The highest BCUT2D eigenvalue weighted by Gasteiger charge is 2.29. The standard InChI is InChI=1S/C20H25FN2O2/c1-14(2)11-17-13-18(22-25-17)20(24)23-10-5-3-4-9-19(23)15-7-6-8-16(21)12-15/h6-8,12-14,19H,3-5,9-11H2,1-2H3. The summed E-state index contributed by atoms with van der Waals surface area (Å²) in [6.07, 6.45) is 4.66. The molecule has 4 nitrogen and oxygen atoms in total. The second-order valence-corrected chi connectivity index (χ2v) is 7.20. The summed E-state index contributed by atoms with van der Waals surface area (Å²) in [6.45, 7) is 4.85.